The minimum absolute atomic E-state index is 0.268. The highest BCUT2D eigenvalue weighted by Gasteiger charge is 2.12. The van der Waals surface area contributed by atoms with Crippen LogP contribution in [0.15, 0.2) is 72.8 Å². The molecule has 6 nitrogen and oxygen atoms in total. The van der Waals surface area contributed by atoms with Crippen LogP contribution in [0.1, 0.15) is 38.8 Å². The maximum atomic E-state index is 12.7. The summed E-state index contributed by atoms with van der Waals surface area (Å²) in [5.41, 5.74) is 3.34. The van der Waals surface area contributed by atoms with Gasteiger partial charge in [0.1, 0.15) is 5.75 Å². The van der Waals surface area contributed by atoms with Crippen molar-refractivity contribution in [1.82, 2.24) is 0 Å². The predicted octanol–water partition coefficient (Wildman–Crippen LogP) is 4.84. The second-order valence-corrected chi connectivity index (χ2v) is 6.76. The summed E-state index contributed by atoms with van der Waals surface area (Å²) >= 11 is 0. The van der Waals surface area contributed by atoms with Gasteiger partial charge in [0.25, 0.3) is 5.91 Å². The van der Waals surface area contributed by atoms with Crippen molar-refractivity contribution < 1.29 is 23.8 Å². The zero-order valence-corrected chi connectivity index (χ0v) is 17.6. The van der Waals surface area contributed by atoms with Crippen LogP contribution in [0.5, 0.6) is 5.75 Å². The maximum absolute atomic E-state index is 12.7. The molecule has 0 aliphatic rings. The molecule has 0 spiro atoms. The van der Waals surface area contributed by atoms with E-state index in [9.17, 15) is 9.59 Å². The number of methoxy groups -OCH3 is 1. The first kappa shape index (κ1) is 22.1. The normalized spacial score (nSPS) is 10.4. The number of nitrogens with one attached hydrogen (secondary N) is 1. The van der Waals surface area contributed by atoms with E-state index in [1.807, 2.05) is 30.3 Å². The van der Waals surface area contributed by atoms with Gasteiger partial charge in [0.15, 0.2) is 0 Å². The highest BCUT2D eigenvalue weighted by molar-refractivity contribution is 6.04. The number of anilines is 1. The first-order valence-corrected chi connectivity index (χ1v) is 9.98. The van der Waals surface area contributed by atoms with Crippen LogP contribution in [-0.2, 0) is 22.7 Å². The summed E-state index contributed by atoms with van der Waals surface area (Å²) < 4.78 is 16.2. The lowest BCUT2D eigenvalue weighted by molar-refractivity contribution is 0.0526. The van der Waals surface area contributed by atoms with Gasteiger partial charge in [-0.25, -0.2) is 4.79 Å². The van der Waals surface area contributed by atoms with Crippen LogP contribution in [0.2, 0.25) is 0 Å². The van der Waals surface area contributed by atoms with Crippen molar-refractivity contribution in [1.29, 1.82) is 0 Å². The van der Waals surface area contributed by atoms with Gasteiger partial charge in [0.05, 0.1) is 32.5 Å². The van der Waals surface area contributed by atoms with Gasteiger partial charge in [0, 0.05) is 16.8 Å². The molecule has 0 atom stereocenters. The zero-order valence-electron chi connectivity index (χ0n) is 17.6. The molecule has 0 aromatic heterocycles. The Morgan fingerprint density at radius 3 is 2.26 bits per heavy atom. The SMILES string of the molecule is CCOC(=O)c1ccc(NC(=O)c2ccc(OC)c(COCc3ccccc3)c2)cc1. The number of rotatable bonds is 9. The van der Waals surface area contributed by atoms with E-state index < -0.39 is 5.97 Å². The highest BCUT2D eigenvalue weighted by Crippen LogP contribution is 2.22. The van der Waals surface area contributed by atoms with Crippen molar-refractivity contribution >= 4 is 17.6 Å². The van der Waals surface area contributed by atoms with Crippen molar-refractivity contribution in [3.8, 4) is 5.75 Å². The Kier molecular flexibility index (Phi) is 7.79. The fourth-order valence-electron chi connectivity index (χ4n) is 2.99. The summed E-state index contributed by atoms with van der Waals surface area (Å²) in [5, 5.41) is 2.83. The molecule has 0 aliphatic carbocycles. The summed E-state index contributed by atoms with van der Waals surface area (Å²) in [5.74, 6) is -0.00470. The summed E-state index contributed by atoms with van der Waals surface area (Å²) in [4.78, 5) is 24.4. The molecule has 3 aromatic carbocycles. The first-order chi connectivity index (χ1) is 15.1. The number of hydrogen-bond donors (Lipinski definition) is 1. The van der Waals surface area contributed by atoms with Crippen LogP contribution in [0.4, 0.5) is 5.69 Å². The van der Waals surface area contributed by atoms with Crippen LogP contribution in [0.25, 0.3) is 0 Å². The molecule has 0 fully saturated rings. The van der Waals surface area contributed by atoms with Crippen LogP contribution in [0, 0.1) is 0 Å². The van der Waals surface area contributed by atoms with E-state index in [-0.39, 0.29) is 5.91 Å². The number of carbonyl (C=O) groups excluding carboxylic acids is 2. The van der Waals surface area contributed by atoms with Crippen molar-refractivity contribution in [2.75, 3.05) is 19.0 Å². The molecule has 3 aromatic rings. The second kappa shape index (κ2) is 10.9. The van der Waals surface area contributed by atoms with Crippen molar-refractivity contribution in [2.45, 2.75) is 20.1 Å². The predicted molar refractivity (Wildman–Crippen MR) is 118 cm³/mol. The Balaban J connectivity index is 1.65. The summed E-state index contributed by atoms with van der Waals surface area (Å²) in [7, 11) is 1.58. The summed E-state index contributed by atoms with van der Waals surface area (Å²) in [6.07, 6.45) is 0. The molecule has 0 radical (unpaired) electrons. The second-order valence-electron chi connectivity index (χ2n) is 6.76. The molecule has 160 valence electrons. The average Bonchev–Trinajstić information content (AvgIpc) is 2.80. The van der Waals surface area contributed by atoms with Crippen molar-refractivity contribution in [2.24, 2.45) is 0 Å². The Morgan fingerprint density at radius 1 is 0.871 bits per heavy atom. The smallest absolute Gasteiger partial charge is 0.338 e. The van der Waals surface area contributed by atoms with Gasteiger partial charge in [-0.1, -0.05) is 30.3 Å². The van der Waals surface area contributed by atoms with E-state index >= 15 is 0 Å². The maximum Gasteiger partial charge on any atom is 0.338 e. The number of hydrogen-bond acceptors (Lipinski definition) is 5. The van der Waals surface area contributed by atoms with Gasteiger partial charge < -0.3 is 19.5 Å². The third-order valence-electron chi connectivity index (χ3n) is 4.57. The summed E-state index contributed by atoms with van der Waals surface area (Å²) in [6.45, 7) is 2.84. The van der Waals surface area contributed by atoms with Crippen LogP contribution >= 0.6 is 0 Å². The monoisotopic (exact) mass is 419 g/mol. The lowest BCUT2D eigenvalue weighted by Crippen LogP contribution is -2.13. The molecule has 1 N–H and O–H groups in total. The largest absolute Gasteiger partial charge is 0.496 e. The standard InChI is InChI=1S/C25H25NO5/c1-3-31-25(28)19-9-12-22(13-10-19)26-24(27)20-11-14-23(29-2)21(15-20)17-30-16-18-7-5-4-6-8-18/h4-15H,3,16-17H2,1-2H3,(H,26,27). The van der Waals surface area contributed by atoms with E-state index in [0.717, 1.165) is 11.1 Å². The topological polar surface area (TPSA) is 73.9 Å². The Hall–Kier alpha value is -3.64. The molecule has 31 heavy (non-hydrogen) atoms. The van der Waals surface area contributed by atoms with E-state index in [1.54, 1.807) is 56.5 Å². The molecular weight excluding hydrogens is 394 g/mol. The minimum atomic E-state index is -0.393. The lowest BCUT2D eigenvalue weighted by Gasteiger charge is -2.12. The number of esters is 1. The molecule has 3 rings (SSSR count). The Labute approximate surface area is 181 Å². The first-order valence-electron chi connectivity index (χ1n) is 9.98. The molecule has 0 saturated heterocycles. The van der Waals surface area contributed by atoms with Gasteiger partial charge in [-0.15, -0.1) is 0 Å². The average molecular weight is 419 g/mol. The number of benzene rings is 3. The van der Waals surface area contributed by atoms with Gasteiger partial charge in [-0.2, -0.15) is 0 Å². The van der Waals surface area contributed by atoms with Crippen molar-refractivity contribution in [3.63, 3.8) is 0 Å². The summed E-state index contributed by atoms with van der Waals surface area (Å²) in [6, 6.07) is 21.6. The molecule has 0 saturated carbocycles. The van der Waals surface area contributed by atoms with E-state index in [4.69, 9.17) is 14.2 Å². The highest BCUT2D eigenvalue weighted by atomic mass is 16.5. The van der Waals surface area contributed by atoms with E-state index in [1.165, 1.54) is 0 Å². The van der Waals surface area contributed by atoms with Gasteiger partial charge in [-0.3, -0.25) is 4.79 Å². The zero-order chi connectivity index (χ0) is 22.1. The lowest BCUT2D eigenvalue weighted by atomic mass is 10.1. The van der Waals surface area contributed by atoms with Gasteiger partial charge >= 0.3 is 5.97 Å². The molecule has 0 bridgehead atoms. The minimum Gasteiger partial charge on any atom is -0.496 e. The van der Waals surface area contributed by atoms with Gasteiger partial charge in [-0.05, 0) is 55.0 Å². The number of amides is 1. The fourth-order valence-corrected chi connectivity index (χ4v) is 2.99. The third-order valence-corrected chi connectivity index (χ3v) is 4.57. The molecule has 0 unspecified atom stereocenters. The molecule has 6 heteroatoms. The molecular formula is C25H25NO5. The molecule has 1 amide bonds. The van der Waals surface area contributed by atoms with Crippen molar-refractivity contribution in [3.05, 3.63) is 95.1 Å². The van der Waals surface area contributed by atoms with E-state index in [0.29, 0.717) is 42.4 Å². The van der Waals surface area contributed by atoms with Crippen LogP contribution < -0.4 is 10.1 Å². The Bertz CT molecular complexity index is 1020. The number of carbonyl (C=O) groups is 2. The van der Waals surface area contributed by atoms with Gasteiger partial charge in [0.2, 0.25) is 0 Å². The number of ether oxygens (including phenoxy) is 3. The van der Waals surface area contributed by atoms with E-state index in [2.05, 4.69) is 5.32 Å². The molecule has 0 heterocycles. The van der Waals surface area contributed by atoms with Crippen LogP contribution in [0.3, 0.4) is 0 Å². The quantitative estimate of drug-likeness (QED) is 0.503. The third kappa shape index (κ3) is 6.17. The van der Waals surface area contributed by atoms with Crippen LogP contribution in [-0.4, -0.2) is 25.6 Å². The fraction of sp³-hybridized carbons (Fsp3) is 0.200. The molecule has 0 aliphatic heterocycles. The Morgan fingerprint density at radius 2 is 1.58 bits per heavy atom.